The van der Waals surface area contributed by atoms with Crippen molar-refractivity contribution in [3.63, 3.8) is 0 Å². The normalized spacial score (nSPS) is 16.4. The SMILES string of the molecule is CCc1ccc(/C=C2/SC(=S)N(c3cccc(N)c3)C2=O)cc1. The molecule has 0 unspecified atom stereocenters. The summed E-state index contributed by atoms with van der Waals surface area (Å²) in [5.41, 5.74) is 9.38. The van der Waals surface area contributed by atoms with Gasteiger partial charge >= 0.3 is 0 Å². The molecule has 2 N–H and O–H groups in total. The van der Waals surface area contributed by atoms with Gasteiger partial charge in [0.1, 0.15) is 0 Å². The van der Waals surface area contributed by atoms with Gasteiger partial charge in [-0.1, -0.05) is 61.2 Å². The summed E-state index contributed by atoms with van der Waals surface area (Å²) in [4.78, 5) is 14.8. The van der Waals surface area contributed by atoms with Crippen LogP contribution in [0.2, 0.25) is 0 Å². The second-order valence-corrected chi connectivity index (χ2v) is 6.88. The van der Waals surface area contributed by atoms with Gasteiger partial charge in [0.15, 0.2) is 4.32 Å². The van der Waals surface area contributed by atoms with Crippen molar-refractivity contribution in [2.75, 3.05) is 10.6 Å². The predicted molar refractivity (Wildman–Crippen MR) is 102 cm³/mol. The Morgan fingerprint density at radius 3 is 2.61 bits per heavy atom. The van der Waals surface area contributed by atoms with Gasteiger partial charge in [-0.15, -0.1) is 0 Å². The topological polar surface area (TPSA) is 46.3 Å². The molecule has 3 nitrogen and oxygen atoms in total. The molecule has 0 saturated carbocycles. The molecule has 1 aliphatic heterocycles. The fourth-order valence-electron chi connectivity index (χ4n) is 2.36. The number of nitrogen functional groups attached to an aromatic ring is 1. The summed E-state index contributed by atoms with van der Waals surface area (Å²) in [6, 6.07) is 15.4. The average Bonchev–Trinajstić information content (AvgIpc) is 2.82. The van der Waals surface area contributed by atoms with Crippen LogP contribution in [0.5, 0.6) is 0 Å². The Hall–Kier alpha value is -2.11. The molecule has 0 aromatic heterocycles. The highest BCUT2D eigenvalue weighted by atomic mass is 32.2. The summed E-state index contributed by atoms with van der Waals surface area (Å²) < 4.78 is 0.525. The van der Waals surface area contributed by atoms with Gasteiger partial charge in [-0.25, -0.2) is 0 Å². The van der Waals surface area contributed by atoms with Gasteiger partial charge in [0.2, 0.25) is 0 Å². The summed E-state index contributed by atoms with van der Waals surface area (Å²) in [6.07, 6.45) is 2.88. The minimum absolute atomic E-state index is 0.106. The molecule has 1 heterocycles. The van der Waals surface area contributed by atoms with E-state index in [1.807, 2.05) is 30.3 Å². The molecule has 1 saturated heterocycles. The lowest BCUT2D eigenvalue weighted by atomic mass is 10.1. The number of benzene rings is 2. The Morgan fingerprint density at radius 2 is 1.96 bits per heavy atom. The van der Waals surface area contributed by atoms with Crippen molar-refractivity contribution in [2.24, 2.45) is 0 Å². The van der Waals surface area contributed by atoms with Crippen LogP contribution in [-0.2, 0) is 11.2 Å². The molecule has 0 bridgehead atoms. The van der Waals surface area contributed by atoms with Crippen LogP contribution < -0.4 is 10.6 Å². The number of hydrogen-bond donors (Lipinski definition) is 1. The lowest BCUT2D eigenvalue weighted by Crippen LogP contribution is -2.27. The van der Waals surface area contributed by atoms with Gasteiger partial charge in [0.25, 0.3) is 5.91 Å². The molecule has 0 spiro atoms. The van der Waals surface area contributed by atoms with Crippen molar-refractivity contribution < 1.29 is 4.79 Å². The summed E-state index contributed by atoms with van der Waals surface area (Å²) >= 11 is 6.68. The summed E-state index contributed by atoms with van der Waals surface area (Å²) in [5.74, 6) is -0.106. The van der Waals surface area contributed by atoms with Gasteiger partial charge in [-0.3, -0.25) is 9.69 Å². The number of nitrogens with two attached hydrogens (primary N) is 1. The average molecular weight is 340 g/mol. The fourth-order valence-corrected chi connectivity index (χ4v) is 3.65. The lowest BCUT2D eigenvalue weighted by molar-refractivity contribution is -0.113. The van der Waals surface area contributed by atoms with E-state index in [0.29, 0.717) is 20.6 Å². The molecule has 0 aliphatic carbocycles. The Morgan fingerprint density at radius 1 is 1.22 bits per heavy atom. The van der Waals surface area contributed by atoms with Crippen LogP contribution >= 0.6 is 24.0 Å². The molecule has 116 valence electrons. The van der Waals surface area contributed by atoms with E-state index in [4.69, 9.17) is 18.0 Å². The van der Waals surface area contributed by atoms with Crippen molar-refractivity contribution in [2.45, 2.75) is 13.3 Å². The molecular weight excluding hydrogens is 324 g/mol. The lowest BCUT2D eigenvalue weighted by Gasteiger charge is -2.14. The highest BCUT2D eigenvalue weighted by molar-refractivity contribution is 8.27. The molecule has 0 radical (unpaired) electrons. The van der Waals surface area contributed by atoms with E-state index >= 15 is 0 Å². The first kappa shape index (κ1) is 15.8. The standard InChI is InChI=1S/C18H16N2OS2/c1-2-12-6-8-13(9-7-12)10-16-17(21)20(18(22)23-16)15-5-3-4-14(19)11-15/h3-11H,2,19H2,1H3/b16-10+. The quantitative estimate of drug-likeness (QED) is 0.516. The molecule has 1 aliphatic rings. The summed E-state index contributed by atoms with van der Waals surface area (Å²) in [7, 11) is 0. The number of anilines is 2. The van der Waals surface area contributed by atoms with Gasteiger partial charge in [0.05, 0.1) is 10.6 Å². The van der Waals surface area contributed by atoms with E-state index in [1.54, 1.807) is 12.1 Å². The van der Waals surface area contributed by atoms with E-state index in [-0.39, 0.29) is 5.91 Å². The number of rotatable bonds is 3. The number of carbonyl (C=O) groups is 1. The van der Waals surface area contributed by atoms with Gasteiger partial charge < -0.3 is 5.73 Å². The number of hydrogen-bond acceptors (Lipinski definition) is 4. The van der Waals surface area contributed by atoms with Crippen molar-refractivity contribution in [3.05, 3.63) is 64.6 Å². The zero-order valence-electron chi connectivity index (χ0n) is 12.7. The van der Waals surface area contributed by atoms with Crippen LogP contribution in [0, 0.1) is 0 Å². The zero-order chi connectivity index (χ0) is 16.4. The minimum Gasteiger partial charge on any atom is -0.399 e. The predicted octanol–water partition coefficient (Wildman–Crippen LogP) is 4.24. The number of thioether (sulfide) groups is 1. The van der Waals surface area contributed by atoms with Crippen LogP contribution in [0.25, 0.3) is 6.08 Å². The van der Waals surface area contributed by atoms with E-state index in [1.165, 1.54) is 22.2 Å². The number of thiocarbonyl (C=S) groups is 1. The van der Waals surface area contributed by atoms with Gasteiger partial charge in [-0.05, 0) is 41.8 Å². The third kappa shape index (κ3) is 3.30. The zero-order valence-corrected chi connectivity index (χ0v) is 14.3. The maximum absolute atomic E-state index is 12.7. The van der Waals surface area contributed by atoms with Crippen molar-refractivity contribution in [1.29, 1.82) is 0 Å². The van der Waals surface area contributed by atoms with E-state index in [9.17, 15) is 4.79 Å². The highest BCUT2D eigenvalue weighted by Gasteiger charge is 2.33. The van der Waals surface area contributed by atoms with E-state index < -0.39 is 0 Å². The molecule has 2 aromatic rings. The van der Waals surface area contributed by atoms with Crippen molar-refractivity contribution in [3.8, 4) is 0 Å². The van der Waals surface area contributed by atoms with Gasteiger partial charge in [-0.2, -0.15) is 0 Å². The first-order valence-corrected chi connectivity index (χ1v) is 8.53. The minimum atomic E-state index is -0.106. The first-order chi connectivity index (χ1) is 11.1. The first-order valence-electron chi connectivity index (χ1n) is 7.31. The molecule has 3 rings (SSSR count). The summed E-state index contributed by atoms with van der Waals surface area (Å²) in [6.45, 7) is 2.12. The molecule has 1 fully saturated rings. The third-order valence-corrected chi connectivity index (χ3v) is 4.91. The Bertz CT molecular complexity index is 797. The highest BCUT2D eigenvalue weighted by Crippen LogP contribution is 2.36. The molecule has 0 atom stereocenters. The van der Waals surface area contributed by atoms with Crippen molar-refractivity contribution >= 4 is 51.7 Å². The molecule has 23 heavy (non-hydrogen) atoms. The molecule has 5 heteroatoms. The van der Waals surface area contributed by atoms with Crippen LogP contribution in [-0.4, -0.2) is 10.2 Å². The van der Waals surface area contributed by atoms with Crippen LogP contribution in [0.4, 0.5) is 11.4 Å². The smallest absolute Gasteiger partial charge is 0.270 e. The second-order valence-electron chi connectivity index (χ2n) is 5.21. The number of amides is 1. The second kappa shape index (κ2) is 6.56. The van der Waals surface area contributed by atoms with Crippen LogP contribution in [0.1, 0.15) is 18.1 Å². The van der Waals surface area contributed by atoms with Crippen molar-refractivity contribution in [1.82, 2.24) is 0 Å². The Balaban J connectivity index is 1.89. The third-order valence-electron chi connectivity index (χ3n) is 3.61. The molecule has 1 amide bonds. The maximum Gasteiger partial charge on any atom is 0.270 e. The van der Waals surface area contributed by atoms with Crippen LogP contribution in [0.15, 0.2) is 53.4 Å². The number of carbonyl (C=O) groups excluding carboxylic acids is 1. The number of aryl methyl sites for hydroxylation is 1. The maximum atomic E-state index is 12.7. The van der Waals surface area contributed by atoms with Crippen LogP contribution in [0.3, 0.4) is 0 Å². The number of nitrogens with zero attached hydrogens (tertiary/aromatic N) is 1. The van der Waals surface area contributed by atoms with Gasteiger partial charge in [0, 0.05) is 5.69 Å². The van der Waals surface area contributed by atoms with E-state index in [0.717, 1.165) is 12.0 Å². The summed E-state index contributed by atoms with van der Waals surface area (Å²) in [5, 5.41) is 0. The monoisotopic (exact) mass is 340 g/mol. The fraction of sp³-hybridized carbons (Fsp3) is 0.111. The Kier molecular flexibility index (Phi) is 4.50. The molecular formula is C18H16N2OS2. The molecule has 2 aromatic carbocycles. The Labute approximate surface area is 145 Å². The van der Waals surface area contributed by atoms with E-state index in [2.05, 4.69) is 19.1 Å². The largest absolute Gasteiger partial charge is 0.399 e.